The quantitative estimate of drug-likeness (QED) is 0.776. The molecule has 2 aliphatic rings. The van der Waals surface area contributed by atoms with Gasteiger partial charge in [0.15, 0.2) is 0 Å². The van der Waals surface area contributed by atoms with Gasteiger partial charge in [-0.05, 0) is 25.0 Å². The third kappa shape index (κ3) is 3.20. The van der Waals surface area contributed by atoms with Crippen molar-refractivity contribution in [2.24, 2.45) is 0 Å². The van der Waals surface area contributed by atoms with Crippen LogP contribution in [0.4, 0.5) is 0 Å². The average molecular weight is 398 g/mol. The molecule has 8 nitrogen and oxygen atoms in total. The van der Waals surface area contributed by atoms with Gasteiger partial charge in [-0.25, -0.2) is 4.98 Å². The fourth-order valence-corrected chi connectivity index (χ4v) is 5.27. The van der Waals surface area contributed by atoms with Gasteiger partial charge < -0.3 is 9.30 Å². The van der Waals surface area contributed by atoms with E-state index < -0.39 is 10.2 Å². The highest BCUT2D eigenvalue weighted by Gasteiger charge is 2.35. The summed E-state index contributed by atoms with van der Waals surface area (Å²) >= 11 is 5.96. The summed E-state index contributed by atoms with van der Waals surface area (Å²) in [5.41, 5.74) is 0.983. The number of rotatable bonds is 3. The van der Waals surface area contributed by atoms with E-state index in [4.69, 9.17) is 11.6 Å². The first kappa shape index (κ1) is 17.7. The van der Waals surface area contributed by atoms with Crippen molar-refractivity contribution < 1.29 is 13.2 Å². The van der Waals surface area contributed by atoms with Crippen LogP contribution in [0, 0.1) is 0 Å². The lowest BCUT2D eigenvalue weighted by molar-refractivity contribution is 0.0689. The van der Waals surface area contributed by atoms with E-state index in [-0.39, 0.29) is 5.91 Å². The van der Waals surface area contributed by atoms with Crippen LogP contribution in [-0.4, -0.2) is 76.5 Å². The second-order valence-corrected chi connectivity index (χ2v) is 8.91. The van der Waals surface area contributed by atoms with Gasteiger partial charge in [0.05, 0.1) is 5.02 Å². The Labute approximate surface area is 157 Å². The summed E-state index contributed by atoms with van der Waals surface area (Å²) in [5.74, 6) is -0.192. The summed E-state index contributed by atoms with van der Waals surface area (Å²) < 4.78 is 29.9. The Morgan fingerprint density at radius 3 is 2.31 bits per heavy atom. The Morgan fingerprint density at radius 1 is 0.962 bits per heavy atom. The number of fused-ring (bicyclic) bond motifs is 1. The Hall–Kier alpha value is -1.68. The number of nitrogens with zero attached hydrogens (tertiary/aromatic N) is 5. The molecule has 10 heteroatoms. The number of imidazole rings is 1. The largest absolute Gasteiger partial charge is 0.335 e. The second-order valence-electron chi connectivity index (χ2n) is 6.54. The number of hydrogen-bond donors (Lipinski definition) is 0. The van der Waals surface area contributed by atoms with E-state index in [1.807, 2.05) is 0 Å². The van der Waals surface area contributed by atoms with Crippen LogP contribution in [0.5, 0.6) is 0 Å². The number of carbonyl (C=O) groups is 1. The Bertz CT molecular complexity index is 931. The number of aromatic nitrogens is 2. The van der Waals surface area contributed by atoms with Gasteiger partial charge in [-0.1, -0.05) is 11.6 Å². The van der Waals surface area contributed by atoms with E-state index in [9.17, 15) is 13.2 Å². The molecule has 0 atom stereocenters. The lowest BCUT2D eigenvalue weighted by Crippen LogP contribution is -2.53. The van der Waals surface area contributed by atoms with Crippen LogP contribution in [0.3, 0.4) is 0 Å². The molecular formula is C16H20ClN5O3S. The molecule has 0 aliphatic carbocycles. The number of piperazine rings is 1. The molecule has 0 bridgehead atoms. The normalized spacial score (nSPS) is 20.1. The summed E-state index contributed by atoms with van der Waals surface area (Å²) in [6.07, 6.45) is 5.17. The zero-order chi connectivity index (χ0) is 18.3. The maximum Gasteiger partial charge on any atom is 0.282 e. The molecule has 140 valence electrons. The fourth-order valence-electron chi connectivity index (χ4n) is 3.43. The van der Waals surface area contributed by atoms with Gasteiger partial charge in [0.25, 0.3) is 16.1 Å². The molecule has 1 amide bonds. The minimum absolute atomic E-state index is 0.192. The van der Waals surface area contributed by atoms with Crippen LogP contribution < -0.4 is 0 Å². The molecule has 4 rings (SSSR count). The van der Waals surface area contributed by atoms with Gasteiger partial charge in [-0.15, -0.1) is 0 Å². The molecule has 0 radical (unpaired) electrons. The predicted molar refractivity (Wildman–Crippen MR) is 97.4 cm³/mol. The van der Waals surface area contributed by atoms with Gasteiger partial charge in [0.1, 0.15) is 11.3 Å². The monoisotopic (exact) mass is 397 g/mol. The lowest BCUT2D eigenvalue weighted by atomic mass is 10.3. The molecular weight excluding hydrogens is 378 g/mol. The molecule has 26 heavy (non-hydrogen) atoms. The average Bonchev–Trinajstić information content (AvgIpc) is 3.31. The van der Waals surface area contributed by atoms with Gasteiger partial charge in [-0.2, -0.15) is 17.0 Å². The Balaban J connectivity index is 1.44. The first-order valence-corrected chi connectivity index (χ1v) is 10.4. The van der Waals surface area contributed by atoms with Crippen LogP contribution in [0.1, 0.15) is 23.3 Å². The maximum absolute atomic E-state index is 12.7. The van der Waals surface area contributed by atoms with E-state index in [2.05, 4.69) is 4.98 Å². The summed E-state index contributed by atoms with van der Waals surface area (Å²) in [6.45, 7) is 2.52. The molecule has 0 spiro atoms. The van der Waals surface area contributed by atoms with E-state index in [0.29, 0.717) is 55.6 Å². The van der Waals surface area contributed by atoms with Crippen LogP contribution in [0.25, 0.3) is 5.65 Å². The number of amides is 1. The van der Waals surface area contributed by atoms with Crippen LogP contribution in [-0.2, 0) is 10.2 Å². The predicted octanol–water partition coefficient (Wildman–Crippen LogP) is 1.09. The Kier molecular flexibility index (Phi) is 4.64. The molecule has 2 saturated heterocycles. The summed E-state index contributed by atoms with van der Waals surface area (Å²) in [7, 11) is -3.41. The fraction of sp³-hybridized carbons (Fsp3) is 0.500. The van der Waals surface area contributed by atoms with Gasteiger partial charge >= 0.3 is 0 Å². The molecule has 2 aliphatic heterocycles. The molecule has 4 heterocycles. The van der Waals surface area contributed by atoms with Crippen molar-refractivity contribution in [2.45, 2.75) is 12.8 Å². The third-order valence-corrected chi connectivity index (χ3v) is 7.14. The molecule has 2 fully saturated rings. The molecule has 0 N–H and O–H groups in total. The van der Waals surface area contributed by atoms with Crippen LogP contribution in [0.15, 0.2) is 24.5 Å². The SMILES string of the molecule is O=C(c1cn2cc(Cl)ccc2n1)N1CCN(S(=O)(=O)N2CCCC2)CC1. The van der Waals surface area contributed by atoms with E-state index in [1.165, 1.54) is 8.61 Å². The van der Waals surface area contributed by atoms with Crippen molar-refractivity contribution >= 4 is 33.4 Å². The molecule has 0 aromatic carbocycles. The van der Waals surface area contributed by atoms with E-state index in [0.717, 1.165) is 12.8 Å². The first-order valence-electron chi connectivity index (χ1n) is 8.64. The van der Waals surface area contributed by atoms with Crippen LogP contribution in [0.2, 0.25) is 5.02 Å². The Morgan fingerprint density at radius 2 is 1.62 bits per heavy atom. The smallest absolute Gasteiger partial charge is 0.282 e. The van der Waals surface area contributed by atoms with Gasteiger partial charge in [-0.3, -0.25) is 4.79 Å². The molecule has 2 aromatic rings. The zero-order valence-corrected chi connectivity index (χ0v) is 15.8. The van der Waals surface area contributed by atoms with Crippen molar-refractivity contribution in [1.82, 2.24) is 22.9 Å². The maximum atomic E-state index is 12.7. The number of carbonyl (C=O) groups excluding carboxylic acids is 1. The number of halogens is 1. The first-order chi connectivity index (χ1) is 12.4. The van der Waals surface area contributed by atoms with Crippen molar-refractivity contribution in [2.75, 3.05) is 39.3 Å². The number of hydrogen-bond acceptors (Lipinski definition) is 4. The topological polar surface area (TPSA) is 78.2 Å². The minimum atomic E-state index is -3.41. The van der Waals surface area contributed by atoms with Crippen LogP contribution >= 0.6 is 11.6 Å². The molecule has 0 saturated carbocycles. The van der Waals surface area contributed by atoms with E-state index in [1.54, 1.807) is 33.8 Å². The highest BCUT2D eigenvalue weighted by atomic mass is 35.5. The van der Waals surface area contributed by atoms with Crippen molar-refractivity contribution in [3.63, 3.8) is 0 Å². The summed E-state index contributed by atoms with van der Waals surface area (Å²) in [5, 5.41) is 0.564. The minimum Gasteiger partial charge on any atom is -0.335 e. The van der Waals surface area contributed by atoms with Gasteiger partial charge in [0, 0.05) is 51.7 Å². The molecule has 0 unspecified atom stereocenters. The second kappa shape index (κ2) is 6.80. The van der Waals surface area contributed by atoms with Crippen molar-refractivity contribution in [3.05, 3.63) is 35.2 Å². The molecule has 2 aromatic heterocycles. The van der Waals surface area contributed by atoms with Crippen molar-refractivity contribution in [1.29, 1.82) is 0 Å². The third-order valence-electron chi connectivity index (χ3n) is 4.88. The summed E-state index contributed by atoms with van der Waals surface area (Å²) in [6, 6.07) is 3.47. The zero-order valence-electron chi connectivity index (χ0n) is 14.2. The van der Waals surface area contributed by atoms with E-state index >= 15 is 0 Å². The summed E-state index contributed by atoms with van der Waals surface area (Å²) in [4.78, 5) is 18.7. The highest BCUT2D eigenvalue weighted by Crippen LogP contribution is 2.19. The number of pyridine rings is 1. The standard InChI is InChI=1S/C16H20ClN5O3S/c17-13-3-4-15-18-14(12-20(15)11-13)16(23)19-7-9-22(10-8-19)26(24,25)21-5-1-2-6-21/h3-4,11-12H,1-2,5-10H2. The lowest BCUT2D eigenvalue weighted by Gasteiger charge is -2.35. The highest BCUT2D eigenvalue weighted by molar-refractivity contribution is 7.86. The van der Waals surface area contributed by atoms with Gasteiger partial charge in [0.2, 0.25) is 0 Å². The van der Waals surface area contributed by atoms with Crippen molar-refractivity contribution in [3.8, 4) is 0 Å².